The fraction of sp³-hybridized carbons (Fsp3) is 0.500. The summed E-state index contributed by atoms with van der Waals surface area (Å²) in [5.74, 6) is 0.994. The van der Waals surface area contributed by atoms with Crippen molar-refractivity contribution in [2.45, 2.75) is 51.0 Å². The van der Waals surface area contributed by atoms with E-state index in [9.17, 15) is 4.79 Å². The average Bonchev–Trinajstić information content (AvgIpc) is 2.53. The maximum Gasteiger partial charge on any atom is 0.305 e. The van der Waals surface area contributed by atoms with Crippen molar-refractivity contribution in [2.75, 3.05) is 6.61 Å². The molecule has 0 radical (unpaired) electrons. The Hall–Kier alpha value is -1.77. The second kappa shape index (κ2) is 7.87. The van der Waals surface area contributed by atoms with Gasteiger partial charge in [-0.25, -0.2) is 0 Å². The number of hydrogen-bond donors (Lipinski definition) is 0. The molecule has 2 atom stereocenters. The highest BCUT2D eigenvalue weighted by Gasteiger charge is 2.31. The van der Waals surface area contributed by atoms with E-state index in [1.165, 1.54) is 6.42 Å². The third-order valence-corrected chi connectivity index (χ3v) is 3.95. The monoisotopic (exact) mass is 288 g/mol. The number of hydrogen-bond acceptors (Lipinski definition) is 3. The van der Waals surface area contributed by atoms with Crippen LogP contribution in [0.15, 0.2) is 36.9 Å². The van der Waals surface area contributed by atoms with Gasteiger partial charge in [0.05, 0.1) is 0 Å². The van der Waals surface area contributed by atoms with Crippen LogP contribution in [0, 0.1) is 0 Å². The number of para-hydroxylation sites is 1. The number of benzene rings is 1. The molecule has 1 aromatic carbocycles. The van der Waals surface area contributed by atoms with Crippen LogP contribution in [-0.4, -0.2) is 18.7 Å². The summed E-state index contributed by atoms with van der Waals surface area (Å²) in [5, 5.41) is 0. The first kappa shape index (κ1) is 15.6. The molecule has 3 heteroatoms. The molecular formula is C18H24O3. The first-order valence-corrected chi connectivity index (χ1v) is 7.78. The maximum atomic E-state index is 11.6. The van der Waals surface area contributed by atoms with Crippen molar-refractivity contribution in [1.29, 1.82) is 0 Å². The molecule has 1 saturated carbocycles. The Morgan fingerprint density at radius 3 is 2.86 bits per heavy atom. The first-order chi connectivity index (χ1) is 10.3. The zero-order chi connectivity index (χ0) is 15.1. The molecule has 0 unspecified atom stereocenters. The molecule has 21 heavy (non-hydrogen) atoms. The molecule has 0 spiro atoms. The Kier molecular flexibility index (Phi) is 5.85. The molecule has 2 rings (SSSR count). The summed E-state index contributed by atoms with van der Waals surface area (Å²) in [7, 11) is 0. The molecular weight excluding hydrogens is 264 g/mol. The highest BCUT2D eigenvalue weighted by molar-refractivity contribution is 5.69. The largest absolute Gasteiger partial charge is 0.489 e. The van der Waals surface area contributed by atoms with Crippen molar-refractivity contribution in [3.8, 4) is 5.75 Å². The lowest BCUT2D eigenvalue weighted by molar-refractivity contribution is -0.151. The zero-order valence-electron chi connectivity index (χ0n) is 12.7. The summed E-state index contributed by atoms with van der Waals surface area (Å²) in [6, 6.07) is 8.05. The standard InChI is InChI=1S/C18H24O3/c1-3-13-20-16-11-7-5-9-14(16)15-10-6-8-12-17(15)21-18(19)4-2/h3,5,7,9,11,15,17H,1,4,6,8,10,12-13H2,2H3/t15-,17+/m1/s1. The van der Waals surface area contributed by atoms with E-state index >= 15 is 0 Å². The summed E-state index contributed by atoms with van der Waals surface area (Å²) in [6.07, 6.45) is 6.40. The van der Waals surface area contributed by atoms with Gasteiger partial charge in [-0.1, -0.05) is 44.2 Å². The van der Waals surface area contributed by atoms with Gasteiger partial charge in [-0.2, -0.15) is 0 Å². The summed E-state index contributed by atoms with van der Waals surface area (Å²) < 4.78 is 11.4. The zero-order valence-corrected chi connectivity index (χ0v) is 12.7. The van der Waals surface area contributed by atoms with Crippen molar-refractivity contribution >= 4 is 5.97 Å². The third-order valence-electron chi connectivity index (χ3n) is 3.95. The predicted molar refractivity (Wildman–Crippen MR) is 83.5 cm³/mol. The summed E-state index contributed by atoms with van der Waals surface area (Å²) in [4.78, 5) is 11.6. The molecule has 0 aromatic heterocycles. The van der Waals surface area contributed by atoms with Gasteiger partial charge in [0.1, 0.15) is 18.5 Å². The fourth-order valence-electron chi connectivity index (χ4n) is 2.91. The van der Waals surface area contributed by atoms with E-state index in [2.05, 4.69) is 12.6 Å². The van der Waals surface area contributed by atoms with Crippen LogP contribution in [0.1, 0.15) is 50.5 Å². The minimum absolute atomic E-state index is 0.0281. The number of esters is 1. The maximum absolute atomic E-state index is 11.6. The first-order valence-electron chi connectivity index (χ1n) is 7.78. The van der Waals surface area contributed by atoms with E-state index in [-0.39, 0.29) is 18.0 Å². The topological polar surface area (TPSA) is 35.5 Å². The average molecular weight is 288 g/mol. The number of rotatable bonds is 6. The lowest BCUT2D eigenvalue weighted by Crippen LogP contribution is -2.28. The van der Waals surface area contributed by atoms with Gasteiger partial charge >= 0.3 is 5.97 Å². The lowest BCUT2D eigenvalue weighted by atomic mass is 9.81. The van der Waals surface area contributed by atoms with Gasteiger partial charge in [0, 0.05) is 17.9 Å². The normalized spacial score (nSPS) is 21.6. The molecule has 0 aliphatic heterocycles. The molecule has 0 heterocycles. The minimum Gasteiger partial charge on any atom is -0.489 e. The van der Waals surface area contributed by atoms with Crippen molar-refractivity contribution in [2.24, 2.45) is 0 Å². The van der Waals surface area contributed by atoms with Crippen LogP contribution in [0.2, 0.25) is 0 Å². The molecule has 0 bridgehead atoms. The third kappa shape index (κ3) is 4.10. The van der Waals surface area contributed by atoms with Crippen LogP contribution >= 0.6 is 0 Å². The highest BCUT2D eigenvalue weighted by Crippen LogP contribution is 2.39. The van der Waals surface area contributed by atoms with Crippen molar-refractivity contribution in [3.63, 3.8) is 0 Å². The Morgan fingerprint density at radius 2 is 2.10 bits per heavy atom. The van der Waals surface area contributed by atoms with E-state index in [1.807, 2.05) is 25.1 Å². The molecule has 1 aromatic rings. The van der Waals surface area contributed by atoms with E-state index in [0.29, 0.717) is 13.0 Å². The van der Waals surface area contributed by atoms with Crippen LogP contribution in [-0.2, 0) is 9.53 Å². The Labute approximate surface area is 127 Å². The quantitative estimate of drug-likeness (QED) is 0.580. The van der Waals surface area contributed by atoms with Gasteiger partial charge in [-0.05, 0) is 25.3 Å². The van der Waals surface area contributed by atoms with Crippen molar-refractivity contribution in [1.82, 2.24) is 0 Å². The molecule has 0 amide bonds. The van der Waals surface area contributed by atoms with Gasteiger partial charge in [0.25, 0.3) is 0 Å². The molecule has 114 valence electrons. The minimum atomic E-state index is -0.114. The summed E-state index contributed by atoms with van der Waals surface area (Å²) in [5.41, 5.74) is 1.15. The van der Waals surface area contributed by atoms with Gasteiger partial charge in [-0.15, -0.1) is 0 Å². The molecule has 0 N–H and O–H groups in total. The Balaban J connectivity index is 2.20. The van der Waals surface area contributed by atoms with E-state index < -0.39 is 0 Å². The van der Waals surface area contributed by atoms with Crippen molar-refractivity contribution in [3.05, 3.63) is 42.5 Å². The number of carbonyl (C=O) groups excluding carboxylic acids is 1. The van der Waals surface area contributed by atoms with Crippen LogP contribution in [0.25, 0.3) is 0 Å². The van der Waals surface area contributed by atoms with Gasteiger partial charge in [0.15, 0.2) is 0 Å². The van der Waals surface area contributed by atoms with Gasteiger partial charge < -0.3 is 9.47 Å². The van der Waals surface area contributed by atoms with Gasteiger partial charge in [-0.3, -0.25) is 4.79 Å². The second-order valence-electron chi connectivity index (χ2n) is 5.41. The van der Waals surface area contributed by atoms with Crippen molar-refractivity contribution < 1.29 is 14.3 Å². The Bertz CT molecular complexity index is 481. The molecule has 1 fully saturated rings. The van der Waals surface area contributed by atoms with Crippen LogP contribution < -0.4 is 4.74 Å². The number of carbonyl (C=O) groups is 1. The predicted octanol–water partition coefficient (Wildman–Crippen LogP) is 4.23. The number of ether oxygens (including phenoxy) is 2. The van der Waals surface area contributed by atoms with Crippen LogP contribution in [0.4, 0.5) is 0 Å². The van der Waals surface area contributed by atoms with Gasteiger partial charge in [0.2, 0.25) is 0 Å². The van der Waals surface area contributed by atoms with E-state index in [4.69, 9.17) is 9.47 Å². The molecule has 1 aliphatic rings. The molecule has 3 nitrogen and oxygen atoms in total. The van der Waals surface area contributed by atoms with E-state index in [0.717, 1.165) is 30.6 Å². The molecule has 0 saturated heterocycles. The fourth-order valence-corrected chi connectivity index (χ4v) is 2.91. The lowest BCUT2D eigenvalue weighted by Gasteiger charge is -2.32. The van der Waals surface area contributed by atoms with Crippen LogP contribution in [0.5, 0.6) is 5.75 Å². The summed E-state index contributed by atoms with van der Waals surface area (Å²) in [6.45, 7) is 6.01. The van der Waals surface area contributed by atoms with Crippen LogP contribution in [0.3, 0.4) is 0 Å². The SMILES string of the molecule is C=CCOc1ccccc1[C@H]1CCCC[C@@H]1OC(=O)CC. The Morgan fingerprint density at radius 1 is 1.33 bits per heavy atom. The van der Waals surface area contributed by atoms with E-state index in [1.54, 1.807) is 6.08 Å². The molecule has 1 aliphatic carbocycles. The smallest absolute Gasteiger partial charge is 0.305 e. The second-order valence-corrected chi connectivity index (χ2v) is 5.41. The summed E-state index contributed by atoms with van der Waals surface area (Å²) >= 11 is 0. The highest BCUT2D eigenvalue weighted by atomic mass is 16.5.